The highest BCUT2D eigenvalue weighted by Crippen LogP contribution is 2.43. The zero-order valence-electron chi connectivity index (χ0n) is 33.7. The predicted molar refractivity (Wildman–Crippen MR) is 257 cm³/mol. The Balaban J connectivity index is 0.997. The lowest BCUT2D eigenvalue weighted by atomic mass is 9.98. The van der Waals surface area contributed by atoms with Crippen molar-refractivity contribution >= 4 is 70.6 Å². The molecule has 0 aliphatic heterocycles. The summed E-state index contributed by atoms with van der Waals surface area (Å²) in [6.45, 7) is 0. The summed E-state index contributed by atoms with van der Waals surface area (Å²) in [7, 11) is 0. The summed E-state index contributed by atoms with van der Waals surface area (Å²) in [5.74, 6) is 2.39. The number of furan rings is 1. The highest BCUT2D eigenvalue weighted by Gasteiger charge is 2.25. The average Bonchev–Trinajstić information content (AvgIpc) is 4.04. The van der Waals surface area contributed by atoms with Gasteiger partial charge in [-0.3, -0.25) is 0 Å². The summed E-state index contributed by atoms with van der Waals surface area (Å²) in [6, 6.07) is 58.5. The van der Waals surface area contributed by atoms with Crippen LogP contribution >= 0.6 is 11.3 Å². The molecule has 0 unspecified atom stereocenters. The molecule has 0 atom stereocenters. The number of allylic oxidation sites excluding steroid dienone is 1. The third kappa shape index (κ3) is 5.76. The van der Waals surface area contributed by atoms with E-state index in [0.717, 1.165) is 94.9 Å². The van der Waals surface area contributed by atoms with Crippen LogP contribution in [0.3, 0.4) is 0 Å². The van der Waals surface area contributed by atoms with Crippen molar-refractivity contribution < 1.29 is 4.42 Å². The number of aromatic nitrogens is 6. The Kier molecular flexibility index (Phi) is 8.07. The highest BCUT2D eigenvalue weighted by molar-refractivity contribution is 7.26. The fourth-order valence-electron chi connectivity index (χ4n) is 9.28. The smallest absolute Gasteiger partial charge is 0.167 e. The Morgan fingerprint density at radius 1 is 0.524 bits per heavy atom. The van der Waals surface area contributed by atoms with Crippen molar-refractivity contribution in [1.82, 2.24) is 29.5 Å². The molecular weight excluding hydrogens is 793 g/mol. The first-order valence-corrected chi connectivity index (χ1v) is 22.0. The molecule has 63 heavy (non-hydrogen) atoms. The second-order valence-corrected chi connectivity index (χ2v) is 16.9. The molecule has 0 radical (unpaired) electrons. The van der Waals surface area contributed by atoms with E-state index in [2.05, 4.69) is 144 Å². The van der Waals surface area contributed by atoms with Crippen LogP contribution in [0.1, 0.15) is 17.7 Å². The fourth-order valence-corrected chi connectivity index (χ4v) is 10.4. The molecule has 0 amide bonds. The lowest BCUT2D eigenvalue weighted by Gasteiger charge is -2.13. The number of hydrogen-bond acceptors (Lipinski definition) is 7. The van der Waals surface area contributed by atoms with Gasteiger partial charge in [-0.25, -0.2) is 24.9 Å². The Morgan fingerprint density at radius 2 is 1.21 bits per heavy atom. The fraction of sp³-hybridized carbons (Fsp3) is 0.0364. The molecule has 0 N–H and O–H groups in total. The average molecular weight is 827 g/mol. The van der Waals surface area contributed by atoms with E-state index in [0.29, 0.717) is 28.9 Å². The quantitative estimate of drug-likeness (QED) is 0.166. The van der Waals surface area contributed by atoms with Crippen LogP contribution in [0.2, 0.25) is 0 Å². The van der Waals surface area contributed by atoms with Crippen molar-refractivity contribution in [3.63, 3.8) is 0 Å². The van der Waals surface area contributed by atoms with Crippen LogP contribution in [-0.2, 0) is 6.42 Å². The highest BCUT2D eigenvalue weighted by atomic mass is 32.1. The number of para-hydroxylation sites is 2. The Morgan fingerprint density at radius 3 is 2.05 bits per heavy atom. The molecule has 13 rings (SSSR count). The minimum absolute atomic E-state index is 0.540. The molecule has 8 heteroatoms. The first kappa shape index (κ1) is 35.7. The van der Waals surface area contributed by atoms with Crippen LogP contribution in [0.5, 0.6) is 0 Å². The number of rotatable bonds is 6. The van der Waals surface area contributed by atoms with E-state index in [-0.39, 0.29) is 0 Å². The van der Waals surface area contributed by atoms with Crippen molar-refractivity contribution in [2.75, 3.05) is 0 Å². The summed E-state index contributed by atoms with van der Waals surface area (Å²) in [5, 5.41) is 4.22. The van der Waals surface area contributed by atoms with Crippen molar-refractivity contribution in [1.29, 1.82) is 0 Å². The molecule has 7 nitrogen and oxygen atoms in total. The molecule has 5 heterocycles. The Bertz CT molecular complexity index is 3790. The van der Waals surface area contributed by atoms with Crippen LogP contribution in [-0.4, -0.2) is 29.5 Å². The van der Waals surface area contributed by atoms with Crippen molar-refractivity contribution in [2.45, 2.75) is 12.8 Å². The minimum Gasteiger partial charge on any atom is -0.455 e. The lowest BCUT2D eigenvalue weighted by Crippen LogP contribution is -2.02. The minimum atomic E-state index is 0.540. The molecule has 0 saturated carbocycles. The second kappa shape index (κ2) is 14.3. The van der Waals surface area contributed by atoms with Gasteiger partial charge in [0, 0.05) is 65.4 Å². The van der Waals surface area contributed by atoms with Gasteiger partial charge in [0.2, 0.25) is 0 Å². The molecule has 0 saturated heterocycles. The Labute approximate surface area is 365 Å². The molecule has 0 bridgehead atoms. The van der Waals surface area contributed by atoms with Gasteiger partial charge < -0.3 is 8.98 Å². The number of nitrogens with zero attached hydrogens (tertiary/aromatic N) is 6. The number of thiophene rings is 1. The van der Waals surface area contributed by atoms with Crippen LogP contribution in [0.15, 0.2) is 180 Å². The van der Waals surface area contributed by atoms with Gasteiger partial charge in [0.25, 0.3) is 0 Å². The summed E-state index contributed by atoms with van der Waals surface area (Å²) in [4.78, 5) is 26.2. The number of benzene rings is 7. The van der Waals surface area contributed by atoms with E-state index in [9.17, 15) is 0 Å². The molecule has 7 aromatic carbocycles. The predicted octanol–water partition coefficient (Wildman–Crippen LogP) is 14.2. The zero-order valence-corrected chi connectivity index (χ0v) is 34.6. The van der Waals surface area contributed by atoms with E-state index in [1.807, 2.05) is 42.5 Å². The molecule has 0 spiro atoms. The molecular formula is C55H34N6OS. The zero-order chi connectivity index (χ0) is 41.4. The molecule has 1 aliphatic rings. The summed E-state index contributed by atoms with van der Waals surface area (Å²) < 4.78 is 11.5. The topological polar surface area (TPSA) is 82.5 Å². The van der Waals surface area contributed by atoms with Gasteiger partial charge in [-0.05, 0) is 55.3 Å². The van der Waals surface area contributed by atoms with Gasteiger partial charge in [-0.15, -0.1) is 11.3 Å². The molecule has 5 aromatic heterocycles. The van der Waals surface area contributed by atoms with E-state index >= 15 is 0 Å². The second-order valence-electron chi connectivity index (χ2n) is 15.9. The van der Waals surface area contributed by atoms with Gasteiger partial charge in [0.05, 0.1) is 27.0 Å². The first-order valence-electron chi connectivity index (χ1n) is 21.1. The summed E-state index contributed by atoms with van der Waals surface area (Å²) in [6.07, 6.45) is 6.47. The largest absolute Gasteiger partial charge is 0.455 e. The first-order chi connectivity index (χ1) is 31.2. The summed E-state index contributed by atoms with van der Waals surface area (Å²) in [5.41, 5.74) is 12.7. The van der Waals surface area contributed by atoms with Gasteiger partial charge in [0.1, 0.15) is 11.2 Å². The van der Waals surface area contributed by atoms with Crippen LogP contribution < -0.4 is 0 Å². The summed E-state index contributed by atoms with van der Waals surface area (Å²) >= 11 is 1.73. The maximum atomic E-state index is 6.88. The number of fused-ring (bicyclic) bond motifs is 9. The van der Waals surface area contributed by atoms with E-state index in [4.69, 9.17) is 29.3 Å². The molecule has 0 fully saturated rings. The van der Waals surface area contributed by atoms with Crippen molar-refractivity contribution in [2.24, 2.45) is 0 Å². The van der Waals surface area contributed by atoms with Crippen LogP contribution in [0.25, 0.3) is 122 Å². The van der Waals surface area contributed by atoms with E-state index in [1.165, 1.54) is 16.0 Å². The maximum absolute atomic E-state index is 6.88. The van der Waals surface area contributed by atoms with E-state index in [1.54, 1.807) is 11.3 Å². The van der Waals surface area contributed by atoms with Gasteiger partial charge >= 0.3 is 0 Å². The molecule has 296 valence electrons. The molecule has 1 aliphatic carbocycles. The van der Waals surface area contributed by atoms with Gasteiger partial charge in [-0.2, -0.15) is 0 Å². The third-order valence-corrected chi connectivity index (χ3v) is 13.3. The Hall–Kier alpha value is -8.07. The van der Waals surface area contributed by atoms with Gasteiger partial charge in [-0.1, -0.05) is 140 Å². The standard InChI is InChI=1S/C55H34N6OS/c1-4-16-33(17-5-1)48-51-49(40-23-11-13-29-46(40)63-51)57-53(56-48)35-30-31-37-38-24-14-26-42(50(38)62-45(37)32-35)55-59-52(34-18-6-2-7-19-34)58-54(60-55)41-25-15-28-44-47(41)39-22-10-12-27-43(39)61(44)36-20-8-3-9-21-36/h1-11,13-26,28-32H,12,27H2. The maximum Gasteiger partial charge on any atom is 0.167 e. The lowest BCUT2D eigenvalue weighted by molar-refractivity contribution is 0.669. The van der Waals surface area contributed by atoms with Crippen LogP contribution in [0, 0.1) is 0 Å². The van der Waals surface area contributed by atoms with E-state index < -0.39 is 0 Å². The number of hydrogen-bond donors (Lipinski definition) is 0. The molecule has 12 aromatic rings. The monoisotopic (exact) mass is 826 g/mol. The SMILES string of the molecule is C1=Cc2c(n(-c3ccccc3)c3cccc(-c4nc(-c5ccccc5)nc(-c5cccc6c5oc5cc(-c7nc(-c8ccccc8)c8sc9ccccc9c8n7)ccc56)n4)c23)CC1. The van der Waals surface area contributed by atoms with Crippen molar-refractivity contribution in [3.8, 4) is 62.5 Å². The van der Waals surface area contributed by atoms with Crippen LogP contribution in [0.4, 0.5) is 0 Å². The third-order valence-electron chi connectivity index (χ3n) is 12.2. The van der Waals surface area contributed by atoms with Crippen molar-refractivity contribution in [3.05, 3.63) is 187 Å². The normalized spacial score (nSPS) is 12.6. The van der Waals surface area contributed by atoms with Gasteiger partial charge in [0.15, 0.2) is 23.3 Å².